The van der Waals surface area contributed by atoms with Gasteiger partial charge >= 0.3 is 0 Å². The first-order chi connectivity index (χ1) is 11.2. The van der Waals surface area contributed by atoms with E-state index in [0.29, 0.717) is 22.0 Å². The van der Waals surface area contributed by atoms with Gasteiger partial charge in [-0.05, 0) is 30.3 Å². The van der Waals surface area contributed by atoms with Crippen molar-refractivity contribution in [3.8, 4) is 27.6 Å². The third-order valence-electron chi connectivity index (χ3n) is 3.52. The predicted octanol–water partition coefficient (Wildman–Crippen LogP) is 3.95. The van der Waals surface area contributed by atoms with E-state index in [1.807, 2.05) is 17.5 Å². The first-order valence-corrected chi connectivity index (χ1v) is 7.86. The van der Waals surface area contributed by atoms with Crippen LogP contribution in [0.4, 0.5) is 10.1 Å². The summed E-state index contributed by atoms with van der Waals surface area (Å²) >= 11 is 1.38. The number of nitrogens with one attached hydrogen (secondary N) is 1. The van der Waals surface area contributed by atoms with Gasteiger partial charge in [0.1, 0.15) is 16.6 Å². The van der Waals surface area contributed by atoms with Crippen LogP contribution in [0.2, 0.25) is 0 Å². The van der Waals surface area contributed by atoms with Crippen LogP contribution in [0.1, 0.15) is 0 Å². The highest BCUT2D eigenvalue weighted by Gasteiger charge is 2.17. The third-order valence-corrected chi connectivity index (χ3v) is 4.39. The van der Waals surface area contributed by atoms with E-state index in [2.05, 4.69) is 10.3 Å². The van der Waals surface area contributed by atoms with Crippen LogP contribution in [-0.2, 0) is 4.79 Å². The molecule has 0 aliphatic carbocycles. The molecule has 0 atom stereocenters. The molecule has 0 spiro atoms. The maximum Gasteiger partial charge on any atom is 0.262 e. The normalized spacial score (nSPS) is 13.2. The number of ether oxygens (including phenoxy) is 1. The van der Waals surface area contributed by atoms with Gasteiger partial charge in [0.05, 0.1) is 11.4 Å². The molecule has 114 valence electrons. The number of hydrogen-bond acceptors (Lipinski definition) is 4. The number of thiazole rings is 1. The monoisotopic (exact) mass is 326 g/mol. The lowest BCUT2D eigenvalue weighted by atomic mass is 10.1. The number of halogens is 1. The van der Waals surface area contributed by atoms with E-state index in [-0.39, 0.29) is 18.3 Å². The second-order valence-electron chi connectivity index (χ2n) is 5.07. The highest BCUT2D eigenvalue weighted by molar-refractivity contribution is 7.13. The lowest BCUT2D eigenvalue weighted by molar-refractivity contribution is -0.118. The number of carbonyl (C=O) groups is 1. The van der Waals surface area contributed by atoms with Crippen molar-refractivity contribution in [3.05, 3.63) is 53.7 Å². The number of hydrogen-bond donors (Lipinski definition) is 1. The molecule has 2 heterocycles. The Morgan fingerprint density at radius 1 is 1.22 bits per heavy atom. The number of benzene rings is 2. The van der Waals surface area contributed by atoms with Crippen molar-refractivity contribution in [1.29, 1.82) is 0 Å². The zero-order valence-corrected chi connectivity index (χ0v) is 12.7. The van der Waals surface area contributed by atoms with Crippen molar-refractivity contribution in [2.45, 2.75) is 0 Å². The molecule has 1 amide bonds. The number of carbonyl (C=O) groups excluding carboxylic acids is 1. The van der Waals surface area contributed by atoms with Gasteiger partial charge in [-0.25, -0.2) is 9.37 Å². The molecule has 0 unspecified atom stereocenters. The summed E-state index contributed by atoms with van der Waals surface area (Å²) in [6.07, 6.45) is 0. The topological polar surface area (TPSA) is 51.2 Å². The van der Waals surface area contributed by atoms with E-state index in [0.717, 1.165) is 11.3 Å². The van der Waals surface area contributed by atoms with Crippen LogP contribution in [0, 0.1) is 5.82 Å². The summed E-state index contributed by atoms with van der Waals surface area (Å²) < 4.78 is 19.2. The Morgan fingerprint density at radius 2 is 2.09 bits per heavy atom. The summed E-state index contributed by atoms with van der Waals surface area (Å²) in [4.78, 5) is 15.9. The zero-order chi connectivity index (χ0) is 15.8. The largest absolute Gasteiger partial charge is 0.482 e. The average Bonchev–Trinajstić information content (AvgIpc) is 3.04. The van der Waals surface area contributed by atoms with Crippen molar-refractivity contribution in [1.82, 2.24) is 4.98 Å². The highest BCUT2D eigenvalue weighted by atomic mass is 32.1. The Hall–Kier alpha value is -2.73. The minimum Gasteiger partial charge on any atom is -0.482 e. The summed E-state index contributed by atoms with van der Waals surface area (Å²) in [6, 6.07) is 12.0. The second-order valence-corrected chi connectivity index (χ2v) is 5.92. The number of fused-ring (bicyclic) bond motifs is 1. The van der Waals surface area contributed by atoms with Crippen LogP contribution in [0.5, 0.6) is 5.75 Å². The molecule has 1 aliphatic heterocycles. The molecule has 3 aromatic rings. The number of amides is 1. The van der Waals surface area contributed by atoms with E-state index in [1.165, 1.54) is 17.4 Å². The Labute approximate surface area is 135 Å². The molecule has 1 aliphatic rings. The summed E-state index contributed by atoms with van der Waals surface area (Å²) in [6.45, 7) is 0.0283. The molecule has 6 heteroatoms. The van der Waals surface area contributed by atoms with Crippen molar-refractivity contribution in [2.75, 3.05) is 11.9 Å². The maximum absolute atomic E-state index is 13.9. The third kappa shape index (κ3) is 2.57. The van der Waals surface area contributed by atoms with Gasteiger partial charge in [-0.2, -0.15) is 0 Å². The lowest BCUT2D eigenvalue weighted by Crippen LogP contribution is -2.25. The fraction of sp³-hybridized carbons (Fsp3) is 0.0588. The summed E-state index contributed by atoms with van der Waals surface area (Å²) in [5, 5.41) is 5.26. The van der Waals surface area contributed by atoms with Gasteiger partial charge in [0.25, 0.3) is 5.91 Å². The lowest BCUT2D eigenvalue weighted by Gasteiger charge is -2.18. The van der Waals surface area contributed by atoms with Crippen molar-refractivity contribution < 1.29 is 13.9 Å². The minimum atomic E-state index is -0.292. The first kappa shape index (κ1) is 13.9. The molecule has 4 nitrogen and oxygen atoms in total. The molecule has 0 saturated carbocycles. The average molecular weight is 326 g/mol. The SMILES string of the molecule is O=C1COc2ccc(-c3csc(-c4ccccc4F)n3)cc2N1. The Bertz CT molecular complexity index is 907. The van der Waals surface area contributed by atoms with E-state index < -0.39 is 0 Å². The quantitative estimate of drug-likeness (QED) is 0.776. The molecule has 1 aromatic heterocycles. The molecular formula is C17H11FN2O2S. The van der Waals surface area contributed by atoms with Crippen LogP contribution in [0.25, 0.3) is 21.8 Å². The molecular weight excluding hydrogens is 315 g/mol. The van der Waals surface area contributed by atoms with Gasteiger partial charge in [0.2, 0.25) is 0 Å². The standard InChI is InChI=1S/C17H11FN2O2S/c18-12-4-2-1-3-11(12)17-20-14(9-23-17)10-5-6-15-13(7-10)19-16(21)8-22-15/h1-7,9H,8H2,(H,19,21). The Morgan fingerprint density at radius 3 is 2.96 bits per heavy atom. The van der Waals surface area contributed by atoms with Gasteiger partial charge in [0.15, 0.2) is 6.61 Å². The first-order valence-electron chi connectivity index (χ1n) is 6.98. The molecule has 1 N–H and O–H groups in total. The van der Waals surface area contributed by atoms with Gasteiger partial charge in [-0.1, -0.05) is 12.1 Å². The molecule has 0 fully saturated rings. The minimum absolute atomic E-state index is 0.0283. The smallest absolute Gasteiger partial charge is 0.262 e. The van der Waals surface area contributed by atoms with Crippen molar-refractivity contribution >= 4 is 22.9 Å². The highest BCUT2D eigenvalue weighted by Crippen LogP contribution is 2.35. The molecule has 23 heavy (non-hydrogen) atoms. The van der Waals surface area contributed by atoms with Gasteiger partial charge in [-0.15, -0.1) is 11.3 Å². The summed E-state index contributed by atoms with van der Waals surface area (Å²) in [7, 11) is 0. The fourth-order valence-electron chi connectivity index (χ4n) is 2.41. The Kier molecular flexibility index (Phi) is 3.31. The zero-order valence-electron chi connectivity index (χ0n) is 11.9. The van der Waals surface area contributed by atoms with E-state index in [4.69, 9.17) is 4.74 Å². The maximum atomic E-state index is 13.9. The molecule has 4 rings (SSSR count). The summed E-state index contributed by atoms with van der Waals surface area (Å²) in [5.74, 6) is 0.164. The summed E-state index contributed by atoms with van der Waals surface area (Å²) in [5.41, 5.74) is 2.68. The van der Waals surface area contributed by atoms with Gasteiger partial charge in [-0.3, -0.25) is 4.79 Å². The Balaban J connectivity index is 1.71. The second kappa shape index (κ2) is 5.48. The number of aromatic nitrogens is 1. The molecule has 2 aromatic carbocycles. The van der Waals surface area contributed by atoms with Crippen LogP contribution in [0.15, 0.2) is 47.8 Å². The van der Waals surface area contributed by atoms with Crippen molar-refractivity contribution in [2.24, 2.45) is 0 Å². The van der Waals surface area contributed by atoms with Crippen LogP contribution < -0.4 is 10.1 Å². The van der Waals surface area contributed by atoms with Crippen LogP contribution in [-0.4, -0.2) is 17.5 Å². The van der Waals surface area contributed by atoms with Crippen LogP contribution >= 0.6 is 11.3 Å². The van der Waals surface area contributed by atoms with Gasteiger partial charge in [0, 0.05) is 16.5 Å². The van der Waals surface area contributed by atoms with E-state index in [1.54, 1.807) is 24.3 Å². The molecule has 0 bridgehead atoms. The van der Waals surface area contributed by atoms with Crippen LogP contribution in [0.3, 0.4) is 0 Å². The number of anilines is 1. The number of rotatable bonds is 2. The predicted molar refractivity (Wildman–Crippen MR) is 87.1 cm³/mol. The van der Waals surface area contributed by atoms with E-state index in [9.17, 15) is 9.18 Å². The molecule has 0 radical (unpaired) electrons. The van der Waals surface area contributed by atoms with Gasteiger partial charge < -0.3 is 10.1 Å². The molecule has 0 saturated heterocycles. The van der Waals surface area contributed by atoms with Crippen molar-refractivity contribution in [3.63, 3.8) is 0 Å². The van der Waals surface area contributed by atoms with E-state index >= 15 is 0 Å². The fourth-order valence-corrected chi connectivity index (χ4v) is 3.26. The number of nitrogens with zero attached hydrogens (tertiary/aromatic N) is 1.